The number of carbonyl (C=O) groups is 1. The lowest BCUT2D eigenvalue weighted by Crippen LogP contribution is -2.18. The number of ether oxygens (including phenoxy) is 1. The van der Waals surface area contributed by atoms with Crippen LogP contribution in [0.25, 0.3) is 11.2 Å². The van der Waals surface area contributed by atoms with E-state index in [9.17, 15) is 9.90 Å². The molecule has 0 radical (unpaired) electrons. The first kappa shape index (κ1) is 21.8. The van der Waals surface area contributed by atoms with E-state index in [4.69, 9.17) is 26.3 Å². The zero-order chi connectivity index (χ0) is 22.8. The second-order valence-corrected chi connectivity index (χ2v) is 8.13. The fourth-order valence-electron chi connectivity index (χ4n) is 3.81. The van der Waals surface area contributed by atoms with Crippen molar-refractivity contribution in [2.45, 2.75) is 39.8 Å². The van der Waals surface area contributed by atoms with Crippen LogP contribution < -0.4 is 4.74 Å². The van der Waals surface area contributed by atoms with E-state index in [-0.39, 0.29) is 0 Å². The molecule has 1 N–H and O–H groups in total. The molecule has 0 spiro atoms. The van der Waals surface area contributed by atoms with Crippen molar-refractivity contribution in [1.29, 1.82) is 0 Å². The summed E-state index contributed by atoms with van der Waals surface area (Å²) in [5, 5.41) is 10.00. The molecule has 4 rings (SSSR count). The summed E-state index contributed by atoms with van der Waals surface area (Å²) in [5.41, 5.74) is 5.34. The van der Waals surface area contributed by atoms with Crippen molar-refractivity contribution in [2.24, 2.45) is 0 Å². The van der Waals surface area contributed by atoms with Crippen LogP contribution in [0.1, 0.15) is 41.2 Å². The number of carboxylic acid groups (broad SMARTS) is 1. The topological polar surface area (TPSA) is 77.2 Å². The molecular weight excluding hydrogens is 426 g/mol. The molecule has 0 saturated heterocycles. The first-order valence-electron chi connectivity index (χ1n) is 10.4. The zero-order valence-electron chi connectivity index (χ0n) is 18.2. The molecule has 164 valence electrons. The Labute approximate surface area is 191 Å². The molecule has 0 amide bonds. The Morgan fingerprint density at radius 1 is 1.12 bits per heavy atom. The Bertz CT molecular complexity index is 1280. The maximum Gasteiger partial charge on any atom is 0.349 e. The summed E-state index contributed by atoms with van der Waals surface area (Å²) in [6.45, 7) is 6.73. The van der Waals surface area contributed by atoms with Crippen LogP contribution in [-0.4, -0.2) is 25.6 Å². The first-order valence-corrected chi connectivity index (χ1v) is 10.8. The maximum atomic E-state index is 11.8. The molecule has 6 nitrogen and oxygen atoms in total. The van der Waals surface area contributed by atoms with Crippen molar-refractivity contribution in [3.63, 3.8) is 0 Å². The number of benzene rings is 2. The quantitative estimate of drug-likeness (QED) is 0.402. The van der Waals surface area contributed by atoms with Gasteiger partial charge >= 0.3 is 5.97 Å². The van der Waals surface area contributed by atoms with Gasteiger partial charge in [-0.25, -0.2) is 14.8 Å². The molecule has 0 fully saturated rings. The van der Waals surface area contributed by atoms with E-state index in [0.717, 1.165) is 40.2 Å². The summed E-state index contributed by atoms with van der Waals surface area (Å²) in [6.07, 6.45) is -0.386. The standard InChI is InChI=1S/C25H24ClN3O3/c1-4-21-28-22-15(2)13-16(3)27-24(22)29(21)14-17-9-11-18(12-10-17)32-23(25(30)31)19-7-5-6-8-20(19)26/h5-13,23H,4,14H2,1-3H3,(H,30,31). The van der Waals surface area contributed by atoms with Crippen LogP contribution in [0.3, 0.4) is 0 Å². The summed E-state index contributed by atoms with van der Waals surface area (Å²) < 4.78 is 7.90. The van der Waals surface area contributed by atoms with Gasteiger partial charge in [0.2, 0.25) is 6.10 Å². The number of aryl methyl sites for hydroxylation is 3. The van der Waals surface area contributed by atoms with Gasteiger partial charge < -0.3 is 14.4 Å². The molecule has 0 aliphatic rings. The highest BCUT2D eigenvalue weighted by atomic mass is 35.5. The predicted molar refractivity (Wildman–Crippen MR) is 124 cm³/mol. The van der Waals surface area contributed by atoms with Gasteiger partial charge in [-0.05, 0) is 49.2 Å². The van der Waals surface area contributed by atoms with Crippen molar-refractivity contribution in [3.05, 3.63) is 87.8 Å². The predicted octanol–water partition coefficient (Wildman–Crippen LogP) is 5.52. The largest absolute Gasteiger partial charge is 0.478 e. The average molecular weight is 450 g/mol. The maximum absolute atomic E-state index is 11.8. The number of hydrogen-bond acceptors (Lipinski definition) is 4. The third kappa shape index (κ3) is 4.32. The number of hydrogen-bond donors (Lipinski definition) is 1. The van der Waals surface area contributed by atoms with Crippen molar-refractivity contribution in [1.82, 2.24) is 14.5 Å². The summed E-state index contributed by atoms with van der Waals surface area (Å²) >= 11 is 6.17. The molecule has 7 heteroatoms. The molecule has 1 unspecified atom stereocenters. The van der Waals surface area contributed by atoms with Crippen LogP contribution in [0, 0.1) is 13.8 Å². The fraction of sp³-hybridized carbons (Fsp3) is 0.240. The van der Waals surface area contributed by atoms with Gasteiger partial charge in [-0.1, -0.05) is 48.9 Å². The molecule has 2 aromatic carbocycles. The lowest BCUT2D eigenvalue weighted by atomic mass is 10.1. The zero-order valence-corrected chi connectivity index (χ0v) is 18.9. The minimum absolute atomic E-state index is 0.355. The van der Waals surface area contributed by atoms with Gasteiger partial charge in [-0.3, -0.25) is 0 Å². The van der Waals surface area contributed by atoms with E-state index in [1.807, 2.05) is 25.1 Å². The second kappa shape index (κ2) is 9.01. The molecule has 4 aromatic rings. The molecule has 2 heterocycles. The first-order chi connectivity index (χ1) is 15.4. The normalized spacial score (nSPS) is 12.1. The third-order valence-corrected chi connectivity index (χ3v) is 5.69. The highest BCUT2D eigenvalue weighted by Gasteiger charge is 2.24. The Kier molecular flexibility index (Phi) is 6.15. The van der Waals surface area contributed by atoms with Gasteiger partial charge in [0.05, 0.1) is 6.54 Å². The van der Waals surface area contributed by atoms with Crippen LogP contribution >= 0.6 is 11.6 Å². The van der Waals surface area contributed by atoms with Gasteiger partial charge in [0.15, 0.2) is 5.65 Å². The molecule has 0 aliphatic heterocycles. The fourth-order valence-corrected chi connectivity index (χ4v) is 4.05. The minimum Gasteiger partial charge on any atom is -0.478 e. The van der Waals surface area contributed by atoms with Crippen molar-refractivity contribution in [2.75, 3.05) is 0 Å². The lowest BCUT2D eigenvalue weighted by Gasteiger charge is -2.17. The molecule has 2 aromatic heterocycles. The Hall–Kier alpha value is -3.38. The highest BCUT2D eigenvalue weighted by Crippen LogP contribution is 2.28. The van der Waals surface area contributed by atoms with Crippen molar-refractivity contribution >= 4 is 28.7 Å². The lowest BCUT2D eigenvalue weighted by molar-refractivity contribution is -0.145. The Morgan fingerprint density at radius 2 is 1.84 bits per heavy atom. The van der Waals surface area contributed by atoms with Gasteiger partial charge in [-0.15, -0.1) is 0 Å². The minimum atomic E-state index is -1.19. The summed E-state index contributed by atoms with van der Waals surface area (Å²) in [7, 11) is 0. The van der Waals surface area contributed by atoms with E-state index in [1.165, 1.54) is 0 Å². The molecule has 0 bridgehead atoms. The van der Waals surface area contributed by atoms with E-state index < -0.39 is 12.1 Å². The van der Waals surface area contributed by atoms with E-state index in [0.29, 0.717) is 22.9 Å². The SMILES string of the molecule is CCc1nc2c(C)cc(C)nc2n1Cc1ccc(OC(C(=O)O)c2ccccc2Cl)cc1. The van der Waals surface area contributed by atoms with Gasteiger partial charge in [0.25, 0.3) is 0 Å². The number of imidazole rings is 1. The average Bonchev–Trinajstić information content (AvgIpc) is 3.11. The Balaban J connectivity index is 1.60. The Morgan fingerprint density at radius 3 is 2.50 bits per heavy atom. The number of aromatic nitrogens is 3. The summed E-state index contributed by atoms with van der Waals surface area (Å²) in [6, 6.07) is 16.2. The van der Waals surface area contributed by atoms with Crippen LogP contribution in [-0.2, 0) is 17.8 Å². The van der Waals surface area contributed by atoms with Crippen LogP contribution in [0.5, 0.6) is 5.75 Å². The van der Waals surface area contributed by atoms with E-state index >= 15 is 0 Å². The number of halogens is 1. The van der Waals surface area contributed by atoms with Crippen LogP contribution in [0.2, 0.25) is 5.02 Å². The summed E-state index contributed by atoms with van der Waals surface area (Å²) in [5.74, 6) is 0.333. The van der Waals surface area contributed by atoms with Gasteiger partial charge in [0, 0.05) is 22.7 Å². The van der Waals surface area contributed by atoms with E-state index in [1.54, 1.807) is 36.4 Å². The number of nitrogens with zero attached hydrogens (tertiary/aromatic N) is 3. The van der Waals surface area contributed by atoms with Crippen molar-refractivity contribution < 1.29 is 14.6 Å². The second-order valence-electron chi connectivity index (χ2n) is 7.72. The number of aliphatic carboxylic acids is 1. The van der Waals surface area contributed by atoms with Crippen LogP contribution in [0.4, 0.5) is 0 Å². The molecule has 1 atom stereocenters. The highest BCUT2D eigenvalue weighted by molar-refractivity contribution is 6.31. The third-order valence-electron chi connectivity index (χ3n) is 5.35. The van der Waals surface area contributed by atoms with Crippen molar-refractivity contribution in [3.8, 4) is 5.75 Å². The van der Waals surface area contributed by atoms with Crippen LogP contribution in [0.15, 0.2) is 54.6 Å². The molecular formula is C25H24ClN3O3. The van der Waals surface area contributed by atoms with Gasteiger partial charge in [0.1, 0.15) is 17.1 Å². The molecule has 0 saturated carbocycles. The van der Waals surface area contributed by atoms with Gasteiger partial charge in [-0.2, -0.15) is 0 Å². The van der Waals surface area contributed by atoms with E-state index in [2.05, 4.69) is 18.4 Å². The number of pyridine rings is 1. The monoisotopic (exact) mass is 449 g/mol. The molecule has 0 aliphatic carbocycles. The number of rotatable bonds is 7. The smallest absolute Gasteiger partial charge is 0.349 e. The summed E-state index contributed by atoms with van der Waals surface area (Å²) in [4.78, 5) is 21.3. The molecule has 32 heavy (non-hydrogen) atoms. The number of carboxylic acids is 1. The number of fused-ring (bicyclic) bond motifs is 1.